The van der Waals surface area contributed by atoms with E-state index < -0.39 is 22.6 Å². The number of nitrogens with one attached hydrogen (secondary N) is 1. The van der Waals surface area contributed by atoms with Crippen molar-refractivity contribution in [3.05, 3.63) is 65.2 Å². The van der Waals surface area contributed by atoms with Gasteiger partial charge in [-0.3, -0.25) is 4.79 Å². The highest BCUT2D eigenvalue weighted by molar-refractivity contribution is 7.89. The number of nitrogens with zero attached hydrogens (tertiary/aromatic N) is 1. The molecule has 2 aromatic carbocycles. The molecule has 0 aliphatic heterocycles. The third-order valence-electron chi connectivity index (χ3n) is 5.47. The average molecular weight is 445 g/mol. The number of aryl methyl sites for hydroxylation is 1. The summed E-state index contributed by atoms with van der Waals surface area (Å²) < 4.78 is 31.5. The zero-order valence-corrected chi connectivity index (χ0v) is 18.7. The molecule has 1 atom stereocenters. The van der Waals surface area contributed by atoms with Crippen LogP contribution >= 0.6 is 0 Å². The summed E-state index contributed by atoms with van der Waals surface area (Å²) in [6, 6.07) is 13.5. The second-order valence-corrected chi connectivity index (χ2v) is 9.34. The molecular weight excluding hydrogens is 416 g/mol. The number of benzene rings is 2. The van der Waals surface area contributed by atoms with Crippen LogP contribution in [0.15, 0.2) is 53.4 Å². The molecule has 8 heteroatoms. The van der Waals surface area contributed by atoms with Crippen LogP contribution in [0, 0.1) is 0 Å². The Morgan fingerprint density at radius 1 is 1.06 bits per heavy atom. The van der Waals surface area contributed by atoms with E-state index in [1.165, 1.54) is 34.1 Å². The first-order valence-electron chi connectivity index (χ1n) is 10.5. The van der Waals surface area contributed by atoms with Crippen molar-refractivity contribution in [3.63, 3.8) is 0 Å². The van der Waals surface area contributed by atoms with E-state index in [2.05, 4.69) is 11.4 Å². The molecule has 0 aromatic heterocycles. The normalized spacial score (nSPS) is 15.9. The Kier molecular flexibility index (Phi) is 7.46. The van der Waals surface area contributed by atoms with E-state index in [9.17, 15) is 18.0 Å². The van der Waals surface area contributed by atoms with Crippen LogP contribution in [-0.4, -0.2) is 44.3 Å². The standard InChI is InChI=1S/C23H28N2O5S/c1-3-25(4-2)31(28,29)19-14-12-18(13-15-19)23(27)30-16-22(26)24-21-11-7-9-17-8-5-6-10-20(17)21/h5-6,8,10,12-15,21H,3-4,7,9,11,16H2,1-2H3,(H,24,26). The number of fused-ring (bicyclic) bond motifs is 1. The maximum absolute atomic E-state index is 12.5. The van der Waals surface area contributed by atoms with Crippen molar-refractivity contribution in [2.45, 2.75) is 44.0 Å². The van der Waals surface area contributed by atoms with Crippen LogP contribution in [0.5, 0.6) is 0 Å². The Labute approximate surface area is 183 Å². The van der Waals surface area contributed by atoms with Crippen LogP contribution in [0.2, 0.25) is 0 Å². The maximum atomic E-state index is 12.5. The number of carbonyl (C=O) groups excluding carboxylic acids is 2. The summed E-state index contributed by atoms with van der Waals surface area (Å²) in [6.07, 6.45) is 2.83. The molecule has 0 bridgehead atoms. The first-order valence-corrected chi connectivity index (χ1v) is 11.9. The fourth-order valence-corrected chi connectivity index (χ4v) is 5.29. The number of carbonyl (C=O) groups is 2. The Balaban J connectivity index is 1.57. The van der Waals surface area contributed by atoms with Gasteiger partial charge in [-0.05, 0) is 54.7 Å². The lowest BCUT2D eigenvalue weighted by atomic mass is 9.88. The summed E-state index contributed by atoms with van der Waals surface area (Å²) in [6.45, 7) is 3.87. The fourth-order valence-electron chi connectivity index (χ4n) is 3.83. The molecule has 1 N–H and O–H groups in total. The van der Waals surface area contributed by atoms with Crippen LogP contribution in [0.25, 0.3) is 0 Å². The average Bonchev–Trinajstić information content (AvgIpc) is 2.78. The summed E-state index contributed by atoms with van der Waals surface area (Å²) >= 11 is 0. The van der Waals surface area contributed by atoms with Crippen LogP contribution in [0.1, 0.15) is 54.2 Å². The Morgan fingerprint density at radius 3 is 2.42 bits per heavy atom. The van der Waals surface area contributed by atoms with E-state index in [-0.39, 0.29) is 22.4 Å². The van der Waals surface area contributed by atoms with E-state index in [4.69, 9.17) is 4.74 Å². The largest absolute Gasteiger partial charge is 0.452 e. The van der Waals surface area contributed by atoms with Crippen molar-refractivity contribution in [1.82, 2.24) is 9.62 Å². The minimum atomic E-state index is -3.59. The SMILES string of the molecule is CCN(CC)S(=O)(=O)c1ccc(C(=O)OCC(=O)NC2CCCc3ccccc32)cc1. The van der Waals surface area contributed by atoms with Crippen LogP contribution in [0.4, 0.5) is 0 Å². The second kappa shape index (κ2) is 10.1. The van der Waals surface area contributed by atoms with Gasteiger partial charge >= 0.3 is 5.97 Å². The molecule has 1 amide bonds. The number of hydrogen-bond acceptors (Lipinski definition) is 5. The van der Waals surface area contributed by atoms with Gasteiger partial charge in [-0.25, -0.2) is 13.2 Å². The molecule has 7 nitrogen and oxygen atoms in total. The second-order valence-electron chi connectivity index (χ2n) is 7.40. The molecule has 1 aliphatic rings. The topological polar surface area (TPSA) is 92.8 Å². The van der Waals surface area contributed by atoms with Crippen molar-refractivity contribution in [2.24, 2.45) is 0 Å². The fraction of sp³-hybridized carbons (Fsp3) is 0.391. The lowest BCUT2D eigenvalue weighted by Crippen LogP contribution is -2.34. The summed E-state index contributed by atoms with van der Waals surface area (Å²) in [5, 5.41) is 2.94. The van der Waals surface area contributed by atoms with Gasteiger partial charge in [0.15, 0.2) is 6.61 Å². The summed E-state index contributed by atoms with van der Waals surface area (Å²) in [4.78, 5) is 24.7. The highest BCUT2D eigenvalue weighted by Gasteiger charge is 2.23. The van der Waals surface area contributed by atoms with Gasteiger partial charge in [0.1, 0.15) is 0 Å². The predicted octanol–water partition coefficient (Wildman–Crippen LogP) is 3.07. The molecule has 1 unspecified atom stereocenters. The number of rotatable bonds is 8. The monoisotopic (exact) mass is 444 g/mol. The van der Waals surface area contributed by atoms with Crippen molar-refractivity contribution in [2.75, 3.05) is 19.7 Å². The molecule has 0 saturated heterocycles. The molecule has 0 spiro atoms. The molecule has 0 saturated carbocycles. The molecular formula is C23H28N2O5S. The van der Waals surface area contributed by atoms with E-state index in [1.807, 2.05) is 18.2 Å². The smallest absolute Gasteiger partial charge is 0.338 e. The molecule has 2 aromatic rings. The van der Waals surface area contributed by atoms with Crippen molar-refractivity contribution >= 4 is 21.9 Å². The highest BCUT2D eigenvalue weighted by atomic mass is 32.2. The first kappa shape index (κ1) is 23.0. The molecule has 1 aliphatic carbocycles. The number of amides is 1. The van der Waals surface area contributed by atoms with E-state index in [0.717, 1.165) is 24.8 Å². The van der Waals surface area contributed by atoms with Gasteiger partial charge in [0.05, 0.1) is 16.5 Å². The Morgan fingerprint density at radius 2 is 1.74 bits per heavy atom. The van der Waals surface area contributed by atoms with Crippen LogP contribution in [0.3, 0.4) is 0 Å². The molecule has 3 rings (SSSR count). The molecule has 166 valence electrons. The van der Waals surface area contributed by atoms with Crippen LogP contribution < -0.4 is 5.32 Å². The quantitative estimate of drug-likeness (QED) is 0.632. The summed E-state index contributed by atoms with van der Waals surface area (Å²) in [7, 11) is -3.59. The molecule has 0 heterocycles. The third kappa shape index (κ3) is 5.32. The van der Waals surface area contributed by atoms with Gasteiger partial charge in [-0.15, -0.1) is 0 Å². The molecule has 31 heavy (non-hydrogen) atoms. The number of sulfonamides is 1. The lowest BCUT2D eigenvalue weighted by molar-refractivity contribution is -0.125. The lowest BCUT2D eigenvalue weighted by Gasteiger charge is -2.26. The van der Waals surface area contributed by atoms with Crippen molar-refractivity contribution in [3.8, 4) is 0 Å². The summed E-state index contributed by atoms with van der Waals surface area (Å²) in [5.74, 6) is -1.04. The Bertz CT molecular complexity index is 1030. The van der Waals surface area contributed by atoms with Crippen LogP contribution in [-0.2, 0) is 26.0 Å². The highest BCUT2D eigenvalue weighted by Crippen LogP contribution is 2.29. The van der Waals surface area contributed by atoms with E-state index >= 15 is 0 Å². The zero-order chi connectivity index (χ0) is 22.4. The van der Waals surface area contributed by atoms with Gasteiger partial charge in [0, 0.05) is 13.1 Å². The number of ether oxygens (including phenoxy) is 1. The molecule has 0 fully saturated rings. The first-order chi connectivity index (χ1) is 14.9. The molecule has 0 radical (unpaired) electrons. The minimum Gasteiger partial charge on any atom is -0.452 e. The van der Waals surface area contributed by atoms with Gasteiger partial charge in [0.25, 0.3) is 5.91 Å². The minimum absolute atomic E-state index is 0.0827. The number of hydrogen-bond donors (Lipinski definition) is 1. The van der Waals surface area contributed by atoms with E-state index in [0.29, 0.717) is 13.1 Å². The maximum Gasteiger partial charge on any atom is 0.338 e. The predicted molar refractivity (Wildman–Crippen MR) is 117 cm³/mol. The van der Waals surface area contributed by atoms with Crippen molar-refractivity contribution < 1.29 is 22.7 Å². The van der Waals surface area contributed by atoms with Gasteiger partial charge in [-0.2, -0.15) is 4.31 Å². The zero-order valence-electron chi connectivity index (χ0n) is 17.8. The Hall–Kier alpha value is -2.71. The third-order valence-corrected chi connectivity index (χ3v) is 7.54. The van der Waals surface area contributed by atoms with Crippen molar-refractivity contribution in [1.29, 1.82) is 0 Å². The van der Waals surface area contributed by atoms with Gasteiger partial charge in [0.2, 0.25) is 10.0 Å². The van der Waals surface area contributed by atoms with E-state index in [1.54, 1.807) is 13.8 Å². The van der Waals surface area contributed by atoms with Gasteiger partial charge < -0.3 is 10.1 Å². The van der Waals surface area contributed by atoms with Gasteiger partial charge in [-0.1, -0.05) is 38.1 Å². The number of esters is 1. The summed E-state index contributed by atoms with van der Waals surface area (Å²) in [5.41, 5.74) is 2.53.